The Hall–Kier alpha value is -6.88. The molecular formula is C84H108Br2Cl2F11N9. The smallest absolute Gasteiger partial charge is 0.261 e. The minimum atomic E-state index is -4.36. The molecular weight excluding hydrogens is 1570 g/mol. The second-order valence-corrected chi connectivity index (χ2v) is 36.7. The fraction of sp³-hybridized carbons (Fsp3) is 0.464. The number of pyridine rings is 9. The first-order valence-corrected chi connectivity index (χ1v) is 36.8. The summed E-state index contributed by atoms with van der Waals surface area (Å²) in [5, 5.41) is 1.32. The Morgan fingerprint density at radius 1 is 0.269 bits per heavy atom. The van der Waals surface area contributed by atoms with Crippen LogP contribution >= 0.6 is 55.1 Å². The molecule has 0 saturated carbocycles. The van der Waals surface area contributed by atoms with Gasteiger partial charge in [0.1, 0.15) is 27.0 Å². The van der Waals surface area contributed by atoms with Crippen LogP contribution in [0.1, 0.15) is 255 Å². The fourth-order valence-electron chi connectivity index (χ4n) is 8.00. The molecule has 594 valence electrons. The van der Waals surface area contributed by atoms with Gasteiger partial charge in [0.15, 0.2) is 0 Å². The molecule has 9 heterocycles. The van der Waals surface area contributed by atoms with Gasteiger partial charge in [-0.2, -0.15) is 43.9 Å². The molecule has 0 aliphatic rings. The average Bonchev–Trinajstić information content (AvgIpc) is 0.845. The maximum atomic E-state index is 12.7. The number of alkyl halides is 9. The summed E-state index contributed by atoms with van der Waals surface area (Å²) in [4.78, 5) is 35.7. The highest BCUT2D eigenvalue weighted by Gasteiger charge is 2.35. The number of nitrogens with zero attached hydrogens (tertiary/aromatic N) is 9. The van der Waals surface area contributed by atoms with Crippen molar-refractivity contribution >= 4 is 55.1 Å². The summed E-state index contributed by atoms with van der Waals surface area (Å²) in [6.45, 7) is 54.2. The molecule has 0 aliphatic carbocycles. The number of halogens is 15. The highest BCUT2D eigenvalue weighted by molar-refractivity contribution is 9.10. The van der Waals surface area contributed by atoms with Crippen molar-refractivity contribution in [1.29, 1.82) is 0 Å². The van der Waals surface area contributed by atoms with Crippen LogP contribution in [0, 0.1) is 11.8 Å². The maximum absolute atomic E-state index is 12.7. The number of aromatic nitrogens is 9. The lowest BCUT2D eigenvalue weighted by atomic mass is 9.87. The second-order valence-electron chi connectivity index (χ2n) is 34.1. The molecule has 0 N–H and O–H groups in total. The molecule has 0 radical (unpaired) electrons. The molecule has 0 saturated heterocycles. The highest BCUT2D eigenvalue weighted by Crippen LogP contribution is 2.35. The normalized spacial score (nSPS) is 12.2. The maximum Gasteiger partial charge on any atom is 0.433 e. The van der Waals surface area contributed by atoms with Crippen LogP contribution in [0.2, 0.25) is 10.2 Å². The third-order valence-corrected chi connectivity index (χ3v) is 15.9. The zero-order valence-electron chi connectivity index (χ0n) is 67.3. The molecule has 0 spiro atoms. The molecule has 0 bridgehead atoms. The molecule has 0 amide bonds. The third-order valence-electron chi connectivity index (χ3n) is 14.5. The predicted octanol–water partition coefficient (Wildman–Crippen LogP) is 27.6. The van der Waals surface area contributed by atoms with Crippen molar-refractivity contribution in [2.24, 2.45) is 0 Å². The summed E-state index contributed by atoms with van der Waals surface area (Å²) in [7, 11) is 0. The quantitative estimate of drug-likeness (QED) is 0.108. The van der Waals surface area contributed by atoms with Crippen LogP contribution < -0.4 is 0 Å². The summed E-state index contributed by atoms with van der Waals surface area (Å²) < 4.78 is 138. The van der Waals surface area contributed by atoms with E-state index in [2.05, 4.69) is 166 Å². The van der Waals surface area contributed by atoms with E-state index in [0.717, 1.165) is 72.5 Å². The standard InChI is InChI=1S/3C10H12F3N.2C9H12BrN.2C9H12ClN.2C9H12FN/c1-9(2,3)8-6-7(4-5-14-8)10(11,12)13;1-9(2,3)7-4-5-14-8(6-7)10(11,12)13;1-9(2,3)7-5-4-6-8(14-7)10(11,12)13;1-9(2,3)8-6-7(10)4-5-11-8;1-9(2,3)7-5-4-6-8(10)11-7;1-9(2,3)8-6-7(10)4-5-11-8;1-9(2,3)7-5-4-6-8(10)11-7;1-9(2,3)8-6-7(10)4-5-11-8;1-9(2,3)7-5-4-6-8(10)11-7/h3*4-6H,1-3H3;6*4-6H,1-3H3. The Kier molecular flexibility index (Phi) is 37.5. The Balaban J connectivity index is 0.000000609. The summed E-state index contributed by atoms with van der Waals surface area (Å²) in [5.41, 5.74) is 4.44. The van der Waals surface area contributed by atoms with Crippen LogP contribution in [0.3, 0.4) is 0 Å². The van der Waals surface area contributed by atoms with Gasteiger partial charge in [0.25, 0.3) is 0 Å². The van der Waals surface area contributed by atoms with E-state index < -0.39 is 41.4 Å². The lowest BCUT2D eigenvalue weighted by molar-refractivity contribution is -0.142. The predicted molar refractivity (Wildman–Crippen MR) is 427 cm³/mol. The van der Waals surface area contributed by atoms with Crippen molar-refractivity contribution in [3.63, 3.8) is 0 Å². The van der Waals surface area contributed by atoms with E-state index in [-0.39, 0.29) is 54.6 Å². The molecule has 9 aromatic heterocycles. The molecule has 0 aromatic carbocycles. The van der Waals surface area contributed by atoms with Gasteiger partial charge in [-0.1, -0.05) is 250 Å². The molecule has 108 heavy (non-hydrogen) atoms. The van der Waals surface area contributed by atoms with E-state index in [9.17, 15) is 48.3 Å². The van der Waals surface area contributed by atoms with Crippen molar-refractivity contribution < 1.29 is 48.3 Å². The van der Waals surface area contributed by atoms with E-state index >= 15 is 0 Å². The number of rotatable bonds is 0. The van der Waals surface area contributed by atoms with Crippen LogP contribution in [0.15, 0.2) is 174 Å². The summed E-state index contributed by atoms with van der Waals surface area (Å²) in [5.74, 6) is -0.623. The molecule has 24 heteroatoms. The lowest BCUT2D eigenvalue weighted by Gasteiger charge is -2.19. The van der Waals surface area contributed by atoms with E-state index in [1.807, 2.05) is 159 Å². The highest BCUT2D eigenvalue weighted by atomic mass is 79.9. The first kappa shape index (κ1) is 99.1. The van der Waals surface area contributed by atoms with Crippen molar-refractivity contribution in [2.45, 2.75) is 254 Å². The zero-order chi connectivity index (χ0) is 83.8. The van der Waals surface area contributed by atoms with Gasteiger partial charge in [0.05, 0.1) is 5.56 Å². The zero-order valence-corrected chi connectivity index (χ0v) is 72.0. The SMILES string of the molecule is CC(C)(C)c1cc(Br)ccn1.CC(C)(C)c1cc(C(F)(F)F)ccn1.CC(C)(C)c1cc(Cl)ccn1.CC(C)(C)c1cc(F)ccn1.CC(C)(C)c1cccc(Br)n1.CC(C)(C)c1cccc(C(F)(F)F)n1.CC(C)(C)c1cccc(Cl)n1.CC(C)(C)c1cccc(F)n1.CC(C)(C)c1ccnc(C(F)(F)F)c1. The largest absolute Gasteiger partial charge is 0.433 e. The lowest BCUT2D eigenvalue weighted by Crippen LogP contribution is -2.17. The number of hydrogen-bond donors (Lipinski definition) is 0. The van der Waals surface area contributed by atoms with E-state index in [1.54, 1.807) is 36.5 Å². The van der Waals surface area contributed by atoms with Crippen LogP contribution in [0.25, 0.3) is 0 Å². The Morgan fingerprint density at radius 3 is 0.917 bits per heavy atom. The van der Waals surface area contributed by atoms with Gasteiger partial charge in [-0.25, -0.2) is 24.3 Å². The molecule has 9 aromatic rings. The van der Waals surface area contributed by atoms with Crippen LogP contribution in [0.4, 0.5) is 48.3 Å². The van der Waals surface area contributed by atoms with Gasteiger partial charge in [-0.15, -0.1) is 0 Å². The Labute approximate surface area is 661 Å². The minimum absolute atomic E-state index is 0.0674. The Morgan fingerprint density at radius 2 is 0.593 bits per heavy atom. The topological polar surface area (TPSA) is 116 Å². The molecule has 9 rings (SSSR count). The third kappa shape index (κ3) is 39.7. The first-order chi connectivity index (χ1) is 48.6. The van der Waals surface area contributed by atoms with Gasteiger partial charge in [-0.05, 0) is 136 Å². The van der Waals surface area contributed by atoms with Crippen molar-refractivity contribution in [3.8, 4) is 0 Å². The van der Waals surface area contributed by atoms with Crippen LogP contribution in [0.5, 0.6) is 0 Å². The van der Waals surface area contributed by atoms with Crippen LogP contribution in [-0.2, 0) is 67.3 Å². The first-order valence-electron chi connectivity index (χ1n) is 34.5. The van der Waals surface area contributed by atoms with E-state index in [0.29, 0.717) is 22.1 Å². The molecule has 0 atom stereocenters. The van der Waals surface area contributed by atoms with Crippen molar-refractivity contribution in [1.82, 2.24) is 44.9 Å². The molecule has 0 unspecified atom stereocenters. The Bertz CT molecular complexity index is 3500. The summed E-state index contributed by atoms with van der Waals surface area (Å²) in [6, 6.07) is 35.9. The molecule has 0 fully saturated rings. The summed E-state index contributed by atoms with van der Waals surface area (Å²) in [6.07, 6.45) is -5.55. The monoisotopic (exact) mass is 1680 g/mol. The van der Waals surface area contributed by atoms with E-state index in [4.69, 9.17) is 23.2 Å². The summed E-state index contributed by atoms with van der Waals surface area (Å²) >= 11 is 18.3. The molecule has 0 aliphatic heterocycles. The van der Waals surface area contributed by atoms with Gasteiger partial charge in [0, 0.05) is 129 Å². The van der Waals surface area contributed by atoms with E-state index in [1.165, 1.54) is 42.9 Å². The average molecular weight is 1680 g/mol. The van der Waals surface area contributed by atoms with Gasteiger partial charge < -0.3 is 0 Å². The van der Waals surface area contributed by atoms with Gasteiger partial charge >= 0.3 is 18.5 Å². The van der Waals surface area contributed by atoms with Crippen molar-refractivity contribution in [3.05, 3.63) is 264 Å². The minimum Gasteiger partial charge on any atom is -0.261 e. The second kappa shape index (κ2) is 40.9. The molecule has 9 nitrogen and oxygen atoms in total. The fourth-order valence-corrected chi connectivity index (χ4v) is 9.00. The van der Waals surface area contributed by atoms with Gasteiger partial charge in [0.2, 0.25) is 5.95 Å². The van der Waals surface area contributed by atoms with Crippen molar-refractivity contribution in [2.75, 3.05) is 0 Å². The van der Waals surface area contributed by atoms with Gasteiger partial charge in [-0.3, -0.25) is 24.9 Å². The number of hydrogen-bond acceptors (Lipinski definition) is 9. The van der Waals surface area contributed by atoms with Crippen LogP contribution in [-0.4, -0.2) is 44.9 Å².